The Balaban J connectivity index is 1.76. The van der Waals surface area contributed by atoms with Crippen molar-refractivity contribution in [2.24, 2.45) is 5.41 Å². The molecular weight excluding hydrogens is 314 g/mol. The maximum atomic E-state index is 8.62. The molecule has 1 fully saturated rings. The molecule has 0 bridgehead atoms. The fraction of sp³-hybridized carbons (Fsp3) is 0.588. The van der Waals surface area contributed by atoms with E-state index in [1.165, 1.54) is 5.56 Å². The van der Waals surface area contributed by atoms with Crippen LogP contribution in [0.5, 0.6) is 0 Å². The fourth-order valence-electron chi connectivity index (χ4n) is 3.77. The molecule has 0 radical (unpaired) electrons. The minimum atomic E-state index is 0.0833. The number of ether oxygens (including phenoxy) is 1. The zero-order valence-electron chi connectivity index (χ0n) is 12.2. The first kappa shape index (κ1) is 14.3. The molecule has 0 amide bonds. The molecule has 2 aliphatic rings. The molecule has 3 heteroatoms. The SMILES string of the molecule is CC(C)OC1CCC2(CC1)Cc1ccc(Br)cc1C2=N. The van der Waals surface area contributed by atoms with E-state index in [-0.39, 0.29) is 5.41 Å². The number of fused-ring (bicyclic) bond motifs is 1. The predicted molar refractivity (Wildman–Crippen MR) is 85.6 cm³/mol. The lowest BCUT2D eigenvalue weighted by molar-refractivity contribution is -0.0250. The van der Waals surface area contributed by atoms with Crippen LogP contribution in [0.25, 0.3) is 0 Å². The third-order valence-corrected chi connectivity index (χ3v) is 5.25. The minimum Gasteiger partial charge on any atom is -0.376 e. The topological polar surface area (TPSA) is 33.1 Å². The molecule has 1 spiro atoms. The third-order valence-electron chi connectivity index (χ3n) is 4.75. The average Bonchev–Trinajstić information content (AvgIpc) is 2.66. The van der Waals surface area contributed by atoms with Crippen molar-refractivity contribution in [2.45, 2.75) is 58.2 Å². The predicted octanol–water partition coefficient (Wildman–Crippen LogP) is 4.73. The van der Waals surface area contributed by atoms with Crippen molar-refractivity contribution in [1.29, 1.82) is 5.41 Å². The first-order chi connectivity index (χ1) is 9.50. The van der Waals surface area contributed by atoms with Crippen molar-refractivity contribution in [1.82, 2.24) is 0 Å². The first-order valence-corrected chi connectivity index (χ1v) is 8.33. The van der Waals surface area contributed by atoms with E-state index in [1.54, 1.807) is 0 Å². The smallest absolute Gasteiger partial charge is 0.0579 e. The van der Waals surface area contributed by atoms with Gasteiger partial charge in [0.25, 0.3) is 0 Å². The summed E-state index contributed by atoms with van der Waals surface area (Å²) in [6, 6.07) is 6.39. The zero-order chi connectivity index (χ0) is 14.3. The number of nitrogens with one attached hydrogen (secondary N) is 1. The van der Waals surface area contributed by atoms with Crippen LogP contribution in [0.15, 0.2) is 22.7 Å². The molecule has 20 heavy (non-hydrogen) atoms. The molecule has 0 unspecified atom stereocenters. The standard InChI is InChI=1S/C17H22BrNO/c1-11(2)20-14-5-7-17(8-6-14)10-12-3-4-13(18)9-15(12)16(17)19/h3-4,9,11,14,19H,5-8,10H2,1-2H3. The number of benzene rings is 1. The monoisotopic (exact) mass is 335 g/mol. The summed E-state index contributed by atoms with van der Waals surface area (Å²) in [6.07, 6.45) is 6.12. The maximum Gasteiger partial charge on any atom is 0.0579 e. The highest BCUT2D eigenvalue weighted by Gasteiger charge is 2.44. The Hall–Kier alpha value is -0.670. The van der Waals surface area contributed by atoms with Gasteiger partial charge in [-0.2, -0.15) is 0 Å². The van der Waals surface area contributed by atoms with E-state index in [1.807, 2.05) is 0 Å². The zero-order valence-corrected chi connectivity index (χ0v) is 13.8. The first-order valence-electron chi connectivity index (χ1n) is 7.53. The molecule has 1 N–H and O–H groups in total. The van der Waals surface area contributed by atoms with Gasteiger partial charge >= 0.3 is 0 Å². The molecule has 1 aromatic rings. The summed E-state index contributed by atoms with van der Waals surface area (Å²) in [4.78, 5) is 0. The molecule has 0 aromatic heterocycles. The maximum absolute atomic E-state index is 8.62. The number of hydrogen-bond acceptors (Lipinski definition) is 2. The quantitative estimate of drug-likeness (QED) is 0.832. The summed E-state index contributed by atoms with van der Waals surface area (Å²) in [5.41, 5.74) is 3.45. The van der Waals surface area contributed by atoms with Crippen molar-refractivity contribution in [3.8, 4) is 0 Å². The second-order valence-corrected chi connectivity index (χ2v) is 7.43. The Morgan fingerprint density at radius 1 is 1.30 bits per heavy atom. The van der Waals surface area contributed by atoms with Crippen LogP contribution in [0.1, 0.15) is 50.7 Å². The lowest BCUT2D eigenvalue weighted by Gasteiger charge is -2.37. The van der Waals surface area contributed by atoms with E-state index in [4.69, 9.17) is 10.1 Å². The van der Waals surface area contributed by atoms with E-state index in [0.29, 0.717) is 12.2 Å². The van der Waals surface area contributed by atoms with Crippen LogP contribution in [0.2, 0.25) is 0 Å². The van der Waals surface area contributed by atoms with Crippen molar-refractivity contribution in [3.63, 3.8) is 0 Å². The highest BCUT2D eigenvalue weighted by atomic mass is 79.9. The number of rotatable bonds is 2. The average molecular weight is 336 g/mol. The summed E-state index contributed by atoms with van der Waals surface area (Å²) < 4.78 is 7.03. The van der Waals surface area contributed by atoms with Crippen LogP contribution in [0.4, 0.5) is 0 Å². The normalized spacial score (nSPS) is 29.2. The largest absolute Gasteiger partial charge is 0.376 e. The third kappa shape index (κ3) is 2.46. The van der Waals surface area contributed by atoms with Crippen LogP contribution in [-0.2, 0) is 11.2 Å². The fourth-order valence-corrected chi connectivity index (χ4v) is 4.13. The van der Waals surface area contributed by atoms with Crippen molar-refractivity contribution >= 4 is 21.6 Å². The van der Waals surface area contributed by atoms with Gasteiger partial charge in [-0.3, -0.25) is 0 Å². The highest BCUT2D eigenvalue weighted by Crippen LogP contribution is 2.48. The van der Waals surface area contributed by atoms with Gasteiger partial charge in [0.05, 0.1) is 12.2 Å². The van der Waals surface area contributed by atoms with E-state index < -0.39 is 0 Å². The number of halogens is 1. The van der Waals surface area contributed by atoms with E-state index in [2.05, 4.69) is 48.0 Å². The van der Waals surface area contributed by atoms with Gasteiger partial charge in [-0.05, 0) is 63.6 Å². The molecule has 0 saturated heterocycles. The lowest BCUT2D eigenvalue weighted by Crippen LogP contribution is -2.36. The molecule has 108 valence electrons. The second kappa shape index (κ2) is 5.27. The van der Waals surface area contributed by atoms with Crippen LogP contribution in [-0.4, -0.2) is 17.9 Å². The van der Waals surface area contributed by atoms with Gasteiger partial charge in [-0.15, -0.1) is 0 Å². The summed E-state index contributed by atoms with van der Waals surface area (Å²) in [6.45, 7) is 4.21. The molecule has 1 saturated carbocycles. The number of hydrogen-bond donors (Lipinski definition) is 1. The summed E-state index contributed by atoms with van der Waals surface area (Å²) in [7, 11) is 0. The van der Waals surface area contributed by atoms with Gasteiger partial charge in [-0.1, -0.05) is 22.0 Å². The van der Waals surface area contributed by atoms with Gasteiger partial charge in [-0.25, -0.2) is 0 Å². The van der Waals surface area contributed by atoms with Crippen molar-refractivity contribution in [3.05, 3.63) is 33.8 Å². The van der Waals surface area contributed by atoms with Crippen LogP contribution >= 0.6 is 15.9 Å². The summed E-state index contributed by atoms with van der Waals surface area (Å²) in [5, 5.41) is 8.62. The van der Waals surface area contributed by atoms with Gasteiger partial charge in [0, 0.05) is 21.2 Å². The highest BCUT2D eigenvalue weighted by molar-refractivity contribution is 9.10. The van der Waals surface area contributed by atoms with Gasteiger partial charge in [0.1, 0.15) is 0 Å². The van der Waals surface area contributed by atoms with E-state index >= 15 is 0 Å². The van der Waals surface area contributed by atoms with Crippen molar-refractivity contribution < 1.29 is 4.74 Å². The summed E-state index contributed by atoms with van der Waals surface area (Å²) in [5.74, 6) is 0. The Morgan fingerprint density at radius 3 is 2.65 bits per heavy atom. The van der Waals surface area contributed by atoms with Crippen LogP contribution in [0.3, 0.4) is 0 Å². The minimum absolute atomic E-state index is 0.0833. The summed E-state index contributed by atoms with van der Waals surface area (Å²) >= 11 is 3.52. The molecule has 2 nitrogen and oxygen atoms in total. The molecule has 0 atom stereocenters. The second-order valence-electron chi connectivity index (χ2n) is 6.52. The lowest BCUT2D eigenvalue weighted by atomic mass is 9.70. The van der Waals surface area contributed by atoms with Gasteiger partial charge in [0.2, 0.25) is 0 Å². The van der Waals surface area contributed by atoms with Gasteiger partial charge < -0.3 is 10.1 Å². The van der Waals surface area contributed by atoms with Crippen LogP contribution in [0, 0.1) is 10.8 Å². The van der Waals surface area contributed by atoms with Crippen LogP contribution < -0.4 is 0 Å². The molecule has 1 aromatic carbocycles. The molecule has 2 aliphatic carbocycles. The molecule has 3 rings (SSSR count). The Bertz CT molecular complexity index is 530. The Labute approximate surface area is 129 Å². The Kier molecular flexibility index (Phi) is 3.76. The molecular formula is C17H22BrNO. The Morgan fingerprint density at radius 2 is 2.00 bits per heavy atom. The van der Waals surface area contributed by atoms with E-state index in [9.17, 15) is 0 Å². The van der Waals surface area contributed by atoms with E-state index in [0.717, 1.165) is 47.9 Å². The molecule has 0 heterocycles. The van der Waals surface area contributed by atoms with Gasteiger partial charge in [0.15, 0.2) is 0 Å². The van der Waals surface area contributed by atoms with Crippen molar-refractivity contribution in [2.75, 3.05) is 0 Å². The molecule has 0 aliphatic heterocycles.